The van der Waals surface area contributed by atoms with Crippen LogP contribution in [-0.4, -0.2) is 10.8 Å². The highest BCUT2D eigenvalue weighted by atomic mass is 35.5. The smallest absolute Gasteiger partial charge is 0.123 e. The number of nitrogen functional groups attached to an aromatic ring is 1. The van der Waals surface area contributed by atoms with Gasteiger partial charge in [0.25, 0.3) is 0 Å². The number of hydrogen-bond donors (Lipinski definition) is 2. The standard InChI is InChI=1S/C13H11Cl2N3/c14-6-4-8-11(13(16)17)7-2-1-3-10(7)18-12(8)9(15)5-6/h4-5H,1-3H2,(H3,16,17). The largest absolute Gasteiger partial charge is 0.384 e. The number of nitrogens with one attached hydrogen (secondary N) is 1. The highest BCUT2D eigenvalue weighted by Crippen LogP contribution is 2.34. The van der Waals surface area contributed by atoms with Crippen LogP contribution < -0.4 is 5.73 Å². The van der Waals surface area contributed by atoms with E-state index in [0.717, 1.165) is 41.5 Å². The molecular formula is C13H11Cl2N3. The van der Waals surface area contributed by atoms with Gasteiger partial charge >= 0.3 is 0 Å². The fourth-order valence-corrected chi connectivity index (χ4v) is 3.13. The topological polar surface area (TPSA) is 62.8 Å². The maximum Gasteiger partial charge on any atom is 0.123 e. The summed E-state index contributed by atoms with van der Waals surface area (Å²) in [6, 6.07) is 3.45. The lowest BCUT2D eigenvalue weighted by Gasteiger charge is -2.12. The molecule has 2 aromatic rings. The molecule has 0 spiro atoms. The molecule has 1 aliphatic carbocycles. The number of benzene rings is 1. The van der Waals surface area contributed by atoms with Crippen LogP contribution in [0.3, 0.4) is 0 Å². The van der Waals surface area contributed by atoms with Crippen molar-refractivity contribution in [3.8, 4) is 0 Å². The van der Waals surface area contributed by atoms with Gasteiger partial charge in [0, 0.05) is 21.7 Å². The number of aromatic nitrogens is 1. The summed E-state index contributed by atoms with van der Waals surface area (Å²) >= 11 is 12.2. The second-order valence-corrected chi connectivity index (χ2v) is 5.31. The molecule has 3 N–H and O–H groups in total. The molecule has 3 nitrogen and oxygen atoms in total. The molecule has 0 aliphatic heterocycles. The van der Waals surface area contributed by atoms with Gasteiger partial charge in [0.1, 0.15) is 5.84 Å². The van der Waals surface area contributed by atoms with Gasteiger partial charge in [-0.1, -0.05) is 23.2 Å². The lowest BCUT2D eigenvalue weighted by Crippen LogP contribution is -2.15. The molecule has 1 aromatic carbocycles. The Labute approximate surface area is 114 Å². The van der Waals surface area contributed by atoms with Gasteiger partial charge in [0.2, 0.25) is 0 Å². The van der Waals surface area contributed by atoms with Crippen LogP contribution in [-0.2, 0) is 12.8 Å². The molecule has 0 saturated heterocycles. The molecule has 0 amide bonds. The number of nitrogens with zero attached hydrogens (tertiary/aromatic N) is 1. The van der Waals surface area contributed by atoms with Crippen LogP contribution in [0.15, 0.2) is 12.1 Å². The molecule has 1 aliphatic rings. The van der Waals surface area contributed by atoms with Crippen molar-refractivity contribution in [2.24, 2.45) is 5.73 Å². The third-order valence-corrected chi connectivity index (χ3v) is 3.81. The van der Waals surface area contributed by atoms with Crippen molar-refractivity contribution in [1.82, 2.24) is 4.98 Å². The molecule has 0 radical (unpaired) electrons. The quantitative estimate of drug-likeness (QED) is 0.621. The van der Waals surface area contributed by atoms with Gasteiger partial charge in [0.15, 0.2) is 0 Å². The van der Waals surface area contributed by atoms with Crippen molar-refractivity contribution in [2.45, 2.75) is 19.3 Å². The van der Waals surface area contributed by atoms with Gasteiger partial charge in [-0.3, -0.25) is 10.4 Å². The third-order valence-electron chi connectivity index (χ3n) is 3.30. The van der Waals surface area contributed by atoms with Crippen molar-refractivity contribution in [3.05, 3.63) is 39.0 Å². The van der Waals surface area contributed by atoms with E-state index in [9.17, 15) is 0 Å². The van der Waals surface area contributed by atoms with Crippen LogP contribution in [0, 0.1) is 5.41 Å². The van der Waals surface area contributed by atoms with Crippen LogP contribution in [0.5, 0.6) is 0 Å². The zero-order valence-corrected chi connectivity index (χ0v) is 11.1. The van der Waals surface area contributed by atoms with Gasteiger partial charge in [0.05, 0.1) is 10.5 Å². The van der Waals surface area contributed by atoms with Crippen molar-refractivity contribution in [3.63, 3.8) is 0 Å². The van der Waals surface area contributed by atoms with E-state index in [4.69, 9.17) is 34.3 Å². The predicted molar refractivity (Wildman–Crippen MR) is 74.8 cm³/mol. The average molecular weight is 280 g/mol. The first-order chi connectivity index (χ1) is 8.58. The van der Waals surface area contributed by atoms with Gasteiger partial charge < -0.3 is 5.73 Å². The van der Waals surface area contributed by atoms with Crippen molar-refractivity contribution in [1.29, 1.82) is 5.41 Å². The number of rotatable bonds is 1. The number of hydrogen-bond acceptors (Lipinski definition) is 2. The summed E-state index contributed by atoms with van der Waals surface area (Å²) in [7, 11) is 0. The molecule has 3 rings (SSSR count). The molecule has 0 saturated carbocycles. The Bertz CT molecular complexity index is 680. The minimum atomic E-state index is 0.0545. The highest BCUT2D eigenvalue weighted by molar-refractivity contribution is 6.38. The maximum atomic E-state index is 7.79. The van der Waals surface area contributed by atoms with E-state index in [1.54, 1.807) is 12.1 Å². The Morgan fingerprint density at radius 1 is 1.28 bits per heavy atom. The summed E-state index contributed by atoms with van der Waals surface area (Å²) in [5.74, 6) is 0.0545. The Balaban J connectivity index is 2.50. The van der Waals surface area contributed by atoms with Crippen LogP contribution in [0.4, 0.5) is 0 Å². The molecule has 0 unspecified atom stereocenters. The molecule has 18 heavy (non-hydrogen) atoms. The Morgan fingerprint density at radius 2 is 2.06 bits per heavy atom. The average Bonchev–Trinajstić information content (AvgIpc) is 2.73. The first kappa shape index (κ1) is 11.8. The number of pyridine rings is 1. The summed E-state index contributed by atoms with van der Waals surface area (Å²) in [5.41, 5.74) is 9.24. The minimum absolute atomic E-state index is 0.0545. The van der Waals surface area contributed by atoms with Crippen molar-refractivity contribution >= 4 is 39.9 Å². The summed E-state index contributed by atoms with van der Waals surface area (Å²) in [6.07, 6.45) is 2.88. The normalized spacial score (nSPS) is 13.9. The SMILES string of the molecule is N=C(N)c1c2c(nc3c(Cl)cc(Cl)cc13)CCC2. The third kappa shape index (κ3) is 1.66. The van der Waals surface area contributed by atoms with Gasteiger partial charge in [-0.25, -0.2) is 0 Å². The molecule has 0 fully saturated rings. The summed E-state index contributed by atoms with van der Waals surface area (Å²) in [4.78, 5) is 4.60. The van der Waals surface area contributed by atoms with Crippen molar-refractivity contribution in [2.75, 3.05) is 0 Å². The Kier molecular flexibility index (Phi) is 2.68. The minimum Gasteiger partial charge on any atom is -0.384 e. The van der Waals surface area contributed by atoms with E-state index in [0.29, 0.717) is 15.6 Å². The van der Waals surface area contributed by atoms with Crippen LogP contribution in [0.1, 0.15) is 23.2 Å². The van der Waals surface area contributed by atoms with E-state index >= 15 is 0 Å². The maximum absolute atomic E-state index is 7.79. The fourth-order valence-electron chi connectivity index (χ4n) is 2.60. The molecule has 1 aromatic heterocycles. The lowest BCUT2D eigenvalue weighted by atomic mass is 10.0. The molecule has 92 valence electrons. The van der Waals surface area contributed by atoms with E-state index in [-0.39, 0.29) is 5.84 Å². The van der Waals surface area contributed by atoms with E-state index in [2.05, 4.69) is 4.98 Å². The number of nitrogens with two attached hydrogens (primary N) is 1. The summed E-state index contributed by atoms with van der Waals surface area (Å²) in [5, 5.41) is 9.62. The molecule has 5 heteroatoms. The first-order valence-electron chi connectivity index (χ1n) is 5.73. The zero-order chi connectivity index (χ0) is 12.9. The monoisotopic (exact) mass is 279 g/mol. The number of fused-ring (bicyclic) bond motifs is 2. The number of amidine groups is 1. The number of aryl methyl sites for hydroxylation is 1. The highest BCUT2D eigenvalue weighted by Gasteiger charge is 2.22. The second kappa shape index (κ2) is 4.11. The summed E-state index contributed by atoms with van der Waals surface area (Å²) < 4.78 is 0. The Morgan fingerprint density at radius 3 is 2.78 bits per heavy atom. The van der Waals surface area contributed by atoms with Gasteiger partial charge in [-0.2, -0.15) is 0 Å². The molecule has 0 atom stereocenters. The first-order valence-corrected chi connectivity index (χ1v) is 6.48. The summed E-state index contributed by atoms with van der Waals surface area (Å²) in [6.45, 7) is 0. The fraction of sp³-hybridized carbons (Fsp3) is 0.231. The molecule has 0 bridgehead atoms. The van der Waals surface area contributed by atoms with Gasteiger partial charge in [-0.15, -0.1) is 0 Å². The number of halogens is 2. The van der Waals surface area contributed by atoms with Gasteiger partial charge in [-0.05, 0) is 37.0 Å². The molecular weight excluding hydrogens is 269 g/mol. The lowest BCUT2D eigenvalue weighted by molar-refractivity contribution is 0.901. The van der Waals surface area contributed by atoms with Crippen LogP contribution in [0.25, 0.3) is 10.9 Å². The van der Waals surface area contributed by atoms with E-state index in [1.165, 1.54) is 0 Å². The van der Waals surface area contributed by atoms with E-state index < -0.39 is 0 Å². The second-order valence-electron chi connectivity index (χ2n) is 4.46. The van der Waals surface area contributed by atoms with Crippen LogP contribution in [0.2, 0.25) is 10.0 Å². The van der Waals surface area contributed by atoms with E-state index in [1.807, 2.05) is 0 Å². The zero-order valence-electron chi connectivity index (χ0n) is 9.56. The van der Waals surface area contributed by atoms with Crippen LogP contribution >= 0.6 is 23.2 Å². The Hall–Kier alpha value is -1.32. The predicted octanol–water partition coefficient (Wildman–Crippen LogP) is 3.31. The molecule has 1 heterocycles. The van der Waals surface area contributed by atoms with Crippen molar-refractivity contribution < 1.29 is 0 Å².